The zero-order valence-corrected chi connectivity index (χ0v) is 11.6. The highest BCUT2D eigenvalue weighted by Crippen LogP contribution is 2.20. The van der Waals surface area contributed by atoms with E-state index >= 15 is 0 Å². The number of nitrogens with zero attached hydrogens (tertiary/aromatic N) is 3. The van der Waals surface area contributed by atoms with Gasteiger partial charge < -0.3 is 0 Å². The number of aromatic nitrogens is 4. The van der Waals surface area contributed by atoms with Crippen molar-refractivity contribution in [3.63, 3.8) is 0 Å². The molecule has 0 radical (unpaired) electrons. The van der Waals surface area contributed by atoms with E-state index in [2.05, 4.69) is 40.8 Å². The average molecular weight is 321 g/mol. The van der Waals surface area contributed by atoms with Crippen LogP contribution in [0, 0.1) is 6.92 Å². The summed E-state index contributed by atoms with van der Waals surface area (Å²) in [6.07, 6.45) is 0.416. The summed E-state index contributed by atoms with van der Waals surface area (Å²) < 4.78 is 5.47. The molecule has 0 aliphatic heterocycles. The van der Waals surface area contributed by atoms with Gasteiger partial charge in [0.25, 0.3) is 5.56 Å². The Kier molecular flexibility index (Phi) is 2.90. The number of benzene rings is 1. The lowest BCUT2D eigenvalue weighted by atomic mass is 10.1. The summed E-state index contributed by atoms with van der Waals surface area (Å²) in [5.41, 5.74) is 2.80. The van der Waals surface area contributed by atoms with E-state index in [0.717, 1.165) is 15.6 Å². The molecule has 1 N–H and O–H groups in total. The molecule has 0 saturated heterocycles. The van der Waals surface area contributed by atoms with Gasteiger partial charge in [-0.1, -0.05) is 28.1 Å². The van der Waals surface area contributed by atoms with Gasteiger partial charge in [0.05, 0.1) is 0 Å². The van der Waals surface area contributed by atoms with Gasteiger partial charge in [-0.15, -0.1) is 0 Å². The first kappa shape index (κ1) is 12.0. The van der Waals surface area contributed by atoms with Crippen molar-refractivity contribution in [1.82, 2.24) is 20.3 Å². The molecule has 6 nitrogen and oxygen atoms in total. The molecule has 0 bridgehead atoms. The van der Waals surface area contributed by atoms with E-state index in [1.807, 2.05) is 25.1 Å². The van der Waals surface area contributed by atoms with Crippen molar-refractivity contribution in [3.05, 3.63) is 49.8 Å². The zero-order chi connectivity index (χ0) is 13.4. The lowest BCUT2D eigenvalue weighted by Crippen LogP contribution is -2.15. The Balaban J connectivity index is 2.04. The van der Waals surface area contributed by atoms with Crippen LogP contribution in [0.1, 0.15) is 16.8 Å². The maximum atomic E-state index is 11.9. The fourth-order valence-electron chi connectivity index (χ4n) is 1.79. The number of aromatic amines is 1. The number of halogens is 1. The highest BCUT2D eigenvalue weighted by atomic mass is 79.9. The van der Waals surface area contributed by atoms with Gasteiger partial charge in [-0.25, -0.2) is 9.61 Å². The number of nitrogens with one attached hydrogen (secondary N) is 1. The molecule has 0 unspecified atom stereocenters. The molecule has 96 valence electrons. The second-order valence-electron chi connectivity index (χ2n) is 4.22. The van der Waals surface area contributed by atoms with Crippen molar-refractivity contribution in [3.8, 4) is 0 Å². The van der Waals surface area contributed by atoms with Crippen LogP contribution in [0.3, 0.4) is 0 Å². The molecule has 1 aromatic carbocycles. The molecule has 0 amide bonds. The molecule has 3 rings (SSSR count). The first-order valence-electron chi connectivity index (χ1n) is 5.60. The maximum Gasteiger partial charge on any atom is 0.271 e. The minimum absolute atomic E-state index is 0.261. The van der Waals surface area contributed by atoms with Crippen molar-refractivity contribution < 1.29 is 4.63 Å². The summed E-state index contributed by atoms with van der Waals surface area (Å²) in [6, 6.07) is 5.95. The van der Waals surface area contributed by atoms with Gasteiger partial charge in [-0.05, 0) is 34.4 Å². The van der Waals surface area contributed by atoms with Crippen LogP contribution in [0.5, 0.6) is 0 Å². The highest BCUT2D eigenvalue weighted by Gasteiger charge is 2.11. The minimum atomic E-state index is -0.282. The summed E-state index contributed by atoms with van der Waals surface area (Å²) in [5, 5.41) is 7.16. The van der Waals surface area contributed by atoms with Crippen LogP contribution >= 0.6 is 15.9 Å². The smallest absolute Gasteiger partial charge is 0.271 e. The Morgan fingerprint density at radius 2 is 2.21 bits per heavy atom. The second-order valence-corrected chi connectivity index (χ2v) is 5.08. The lowest BCUT2D eigenvalue weighted by molar-refractivity contribution is 0.314. The first-order chi connectivity index (χ1) is 9.13. The number of fused-ring (bicyclic) bond motifs is 1. The predicted octanol–water partition coefficient (Wildman–Crippen LogP) is 1.97. The summed E-state index contributed by atoms with van der Waals surface area (Å²) in [7, 11) is 0. The third kappa shape index (κ3) is 2.28. The van der Waals surface area contributed by atoms with Crippen molar-refractivity contribution in [2.24, 2.45) is 0 Å². The molecule has 0 aliphatic carbocycles. The van der Waals surface area contributed by atoms with Crippen LogP contribution in [-0.4, -0.2) is 20.3 Å². The Morgan fingerprint density at radius 1 is 1.37 bits per heavy atom. The number of H-pyrrole nitrogens is 1. The summed E-state index contributed by atoms with van der Waals surface area (Å²) >= 11 is 3.48. The third-order valence-electron chi connectivity index (χ3n) is 2.77. The van der Waals surface area contributed by atoms with E-state index in [1.54, 1.807) is 0 Å². The standard InChI is InChI=1S/C12H9BrN4O2/c1-6-2-3-7(8(13)4-6)5-9-12(18)15-11-10(14-9)16-19-17-11/h2-4H,5H2,1H3,(H,15,17,18). The van der Waals surface area contributed by atoms with Crippen LogP contribution in [-0.2, 0) is 6.42 Å². The predicted molar refractivity (Wildman–Crippen MR) is 71.9 cm³/mol. The van der Waals surface area contributed by atoms with E-state index in [4.69, 9.17) is 0 Å². The Bertz CT molecular complexity index is 809. The first-order valence-corrected chi connectivity index (χ1v) is 6.39. The number of rotatable bonds is 2. The quantitative estimate of drug-likeness (QED) is 0.780. The van der Waals surface area contributed by atoms with Crippen molar-refractivity contribution in [2.75, 3.05) is 0 Å². The Hall–Kier alpha value is -2.02. The largest absolute Gasteiger partial charge is 0.299 e. The molecular weight excluding hydrogens is 312 g/mol. The van der Waals surface area contributed by atoms with Crippen LogP contribution in [0.4, 0.5) is 0 Å². The fraction of sp³-hybridized carbons (Fsp3) is 0.167. The van der Waals surface area contributed by atoms with Gasteiger partial charge in [0.15, 0.2) is 0 Å². The van der Waals surface area contributed by atoms with E-state index < -0.39 is 0 Å². The Labute approximate surface area is 116 Å². The van der Waals surface area contributed by atoms with Gasteiger partial charge in [0.2, 0.25) is 11.3 Å². The molecule has 0 spiro atoms. The molecule has 2 aromatic heterocycles. The average Bonchev–Trinajstić information content (AvgIpc) is 2.80. The summed E-state index contributed by atoms with van der Waals surface area (Å²) in [5.74, 6) is 0. The molecule has 0 aliphatic rings. The van der Waals surface area contributed by atoms with Crippen molar-refractivity contribution >= 4 is 27.2 Å². The zero-order valence-electron chi connectivity index (χ0n) is 9.98. The maximum absolute atomic E-state index is 11.9. The van der Waals surface area contributed by atoms with E-state index in [-0.39, 0.29) is 11.2 Å². The van der Waals surface area contributed by atoms with Crippen LogP contribution in [0.2, 0.25) is 0 Å². The number of hydrogen-bond donors (Lipinski definition) is 1. The number of hydrogen-bond acceptors (Lipinski definition) is 5. The summed E-state index contributed by atoms with van der Waals surface area (Å²) in [4.78, 5) is 18.6. The van der Waals surface area contributed by atoms with Crippen LogP contribution < -0.4 is 5.56 Å². The van der Waals surface area contributed by atoms with Crippen LogP contribution in [0.25, 0.3) is 11.3 Å². The molecule has 2 heterocycles. The van der Waals surface area contributed by atoms with E-state index in [9.17, 15) is 4.79 Å². The van der Waals surface area contributed by atoms with Crippen molar-refractivity contribution in [1.29, 1.82) is 0 Å². The summed E-state index contributed by atoms with van der Waals surface area (Å²) in [6.45, 7) is 2.01. The normalized spacial score (nSPS) is 11.1. The molecular formula is C12H9BrN4O2. The lowest BCUT2D eigenvalue weighted by Gasteiger charge is -2.04. The molecule has 0 saturated carbocycles. The van der Waals surface area contributed by atoms with Crippen LogP contribution in [0.15, 0.2) is 32.1 Å². The third-order valence-corrected chi connectivity index (χ3v) is 3.51. The van der Waals surface area contributed by atoms with Crippen molar-refractivity contribution in [2.45, 2.75) is 13.3 Å². The van der Waals surface area contributed by atoms with E-state index in [1.165, 1.54) is 0 Å². The molecule has 7 heteroatoms. The number of aryl methyl sites for hydroxylation is 1. The molecule has 0 atom stereocenters. The second kappa shape index (κ2) is 4.58. The highest BCUT2D eigenvalue weighted by molar-refractivity contribution is 9.10. The fourth-order valence-corrected chi connectivity index (χ4v) is 2.42. The van der Waals surface area contributed by atoms with Gasteiger partial charge in [-0.2, -0.15) is 0 Å². The van der Waals surface area contributed by atoms with Gasteiger partial charge >= 0.3 is 0 Å². The van der Waals surface area contributed by atoms with Gasteiger partial charge in [-0.3, -0.25) is 9.78 Å². The van der Waals surface area contributed by atoms with Gasteiger partial charge in [0, 0.05) is 10.9 Å². The minimum Gasteiger partial charge on any atom is -0.299 e. The molecule has 19 heavy (non-hydrogen) atoms. The monoisotopic (exact) mass is 320 g/mol. The molecule has 3 aromatic rings. The molecule has 0 fully saturated rings. The van der Waals surface area contributed by atoms with E-state index in [0.29, 0.717) is 17.8 Å². The SMILES string of the molecule is Cc1ccc(Cc2nc3nonc3[nH]c2=O)c(Br)c1. The Morgan fingerprint density at radius 3 is 3.00 bits per heavy atom. The topological polar surface area (TPSA) is 84.7 Å². The van der Waals surface area contributed by atoms with Gasteiger partial charge in [0.1, 0.15) is 5.69 Å².